The SMILES string of the molecule is CCC(C)C(NC)c1cc(C)c(OC)cc1C. The molecule has 0 aromatic heterocycles. The molecule has 2 nitrogen and oxygen atoms in total. The van der Waals surface area contributed by atoms with Gasteiger partial charge in [-0.15, -0.1) is 0 Å². The van der Waals surface area contributed by atoms with Gasteiger partial charge in [0.1, 0.15) is 5.75 Å². The summed E-state index contributed by atoms with van der Waals surface area (Å²) in [5.74, 6) is 1.61. The van der Waals surface area contributed by atoms with E-state index in [-0.39, 0.29) is 0 Å². The summed E-state index contributed by atoms with van der Waals surface area (Å²) in [6.07, 6.45) is 1.18. The second kappa shape index (κ2) is 6.06. The van der Waals surface area contributed by atoms with Gasteiger partial charge in [0.2, 0.25) is 0 Å². The third-order valence-electron chi connectivity index (χ3n) is 3.64. The lowest BCUT2D eigenvalue weighted by Gasteiger charge is -2.25. The molecule has 0 amide bonds. The second-order valence-corrected chi connectivity index (χ2v) is 4.83. The first-order chi connectivity index (χ1) is 8.04. The molecule has 1 rings (SSSR count). The highest BCUT2D eigenvalue weighted by Gasteiger charge is 2.19. The number of methoxy groups -OCH3 is 1. The van der Waals surface area contributed by atoms with Crippen molar-refractivity contribution in [2.24, 2.45) is 5.92 Å². The van der Waals surface area contributed by atoms with Crippen LogP contribution in [0.4, 0.5) is 0 Å². The van der Waals surface area contributed by atoms with Crippen LogP contribution in [0, 0.1) is 19.8 Å². The predicted octanol–water partition coefficient (Wildman–Crippen LogP) is 3.62. The van der Waals surface area contributed by atoms with E-state index in [1.807, 2.05) is 7.05 Å². The lowest BCUT2D eigenvalue weighted by molar-refractivity contribution is 0.394. The van der Waals surface area contributed by atoms with E-state index in [0.29, 0.717) is 12.0 Å². The van der Waals surface area contributed by atoms with Crippen molar-refractivity contribution in [1.82, 2.24) is 5.32 Å². The molecule has 1 aromatic rings. The third-order valence-corrected chi connectivity index (χ3v) is 3.64. The fourth-order valence-electron chi connectivity index (χ4n) is 2.35. The van der Waals surface area contributed by atoms with Crippen molar-refractivity contribution in [3.05, 3.63) is 28.8 Å². The average molecular weight is 235 g/mol. The fourth-order valence-corrected chi connectivity index (χ4v) is 2.35. The maximum absolute atomic E-state index is 5.36. The molecule has 0 fully saturated rings. The number of rotatable bonds is 5. The van der Waals surface area contributed by atoms with Gasteiger partial charge >= 0.3 is 0 Å². The van der Waals surface area contributed by atoms with E-state index in [4.69, 9.17) is 4.74 Å². The summed E-state index contributed by atoms with van der Waals surface area (Å²) >= 11 is 0. The number of hydrogen-bond donors (Lipinski definition) is 1. The highest BCUT2D eigenvalue weighted by molar-refractivity contribution is 5.43. The van der Waals surface area contributed by atoms with Crippen LogP contribution in [0.2, 0.25) is 0 Å². The highest BCUT2D eigenvalue weighted by Crippen LogP contribution is 2.31. The van der Waals surface area contributed by atoms with Crippen LogP contribution < -0.4 is 10.1 Å². The molecule has 0 saturated carbocycles. The van der Waals surface area contributed by atoms with E-state index in [2.05, 4.69) is 45.1 Å². The molecule has 2 heteroatoms. The first kappa shape index (κ1) is 14.0. The van der Waals surface area contributed by atoms with Gasteiger partial charge in [-0.05, 0) is 49.6 Å². The summed E-state index contributed by atoms with van der Waals surface area (Å²) in [5.41, 5.74) is 3.89. The molecule has 0 aliphatic carbocycles. The Morgan fingerprint density at radius 1 is 1.24 bits per heavy atom. The molecule has 17 heavy (non-hydrogen) atoms. The summed E-state index contributed by atoms with van der Waals surface area (Å²) in [6.45, 7) is 8.79. The minimum absolute atomic E-state index is 0.421. The van der Waals surface area contributed by atoms with Gasteiger partial charge in [-0.25, -0.2) is 0 Å². The summed E-state index contributed by atoms with van der Waals surface area (Å²) in [4.78, 5) is 0. The van der Waals surface area contributed by atoms with Gasteiger partial charge in [0.05, 0.1) is 7.11 Å². The van der Waals surface area contributed by atoms with Crippen LogP contribution in [0.25, 0.3) is 0 Å². The molecule has 0 aliphatic rings. The van der Waals surface area contributed by atoms with Crippen molar-refractivity contribution in [2.75, 3.05) is 14.2 Å². The monoisotopic (exact) mass is 235 g/mol. The molecular formula is C15H25NO. The van der Waals surface area contributed by atoms with Gasteiger partial charge in [0, 0.05) is 6.04 Å². The van der Waals surface area contributed by atoms with Crippen molar-refractivity contribution >= 4 is 0 Å². The molecule has 0 saturated heterocycles. The predicted molar refractivity (Wildman–Crippen MR) is 73.7 cm³/mol. The average Bonchev–Trinajstić information content (AvgIpc) is 2.33. The van der Waals surface area contributed by atoms with Gasteiger partial charge in [-0.2, -0.15) is 0 Å². The Labute approximate surface area is 105 Å². The molecule has 0 bridgehead atoms. The summed E-state index contributed by atoms with van der Waals surface area (Å²) in [7, 11) is 3.77. The maximum atomic E-state index is 5.36. The molecular weight excluding hydrogens is 210 g/mol. The summed E-state index contributed by atoms with van der Waals surface area (Å²) < 4.78 is 5.36. The minimum atomic E-state index is 0.421. The van der Waals surface area contributed by atoms with Crippen molar-refractivity contribution < 1.29 is 4.74 Å². The molecule has 1 aromatic carbocycles. The number of hydrogen-bond acceptors (Lipinski definition) is 2. The molecule has 0 heterocycles. The van der Waals surface area contributed by atoms with Gasteiger partial charge in [-0.1, -0.05) is 26.3 Å². The van der Waals surface area contributed by atoms with Gasteiger partial charge < -0.3 is 10.1 Å². The molecule has 2 unspecified atom stereocenters. The summed E-state index contributed by atoms with van der Waals surface area (Å²) in [5, 5.41) is 3.43. The number of aryl methyl sites for hydroxylation is 2. The quantitative estimate of drug-likeness (QED) is 0.841. The van der Waals surface area contributed by atoms with Gasteiger partial charge in [0.25, 0.3) is 0 Å². The largest absolute Gasteiger partial charge is 0.496 e. The van der Waals surface area contributed by atoms with Crippen LogP contribution in [0.1, 0.15) is 43.0 Å². The molecule has 1 N–H and O–H groups in total. The lowest BCUT2D eigenvalue weighted by atomic mass is 9.89. The molecule has 0 aliphatic heterocycles. The fraction of sp³-hybridized carbons (Fsp3) is 0.600. The Bertz CT molecular complexity index is 373. The Kier molecular flexibility index (Phi) is 5.01. The van der Waals surface area contributed by atoms with Gasteiger partial charge in [-0.3, -0.25) is 0 Å². The number of nitrogens with one attached hydrogen (secondary N) is 1. The van der Waals surface area contributed by atoms with E-state index in [9.17, 15) is 0 Å². The van der Waals surface area contributed by atoms with Crippen LogP contribution in [0.5, 0.6) is 5.75 Å². The highest BCUT2D eigenvalue weighted by atomic mass is 16.5. The Hall–Kier alpha value is -1.02. The lowest BCUT2D eigenvalue weighted by Crippen LogP contribution is -2.24. The zero-order valence-electron chi connectivity index (χ0n) is 11.9. The first-order valence-corrected chi connectivity index (χ1v) is 6.37. The zero-order chi connectivity index (χ0) is 13.0. The second-order valence-electron chi connectivity index (χ2n) is 4.83. The maximum Gasteiger partial charge on any atom is 0.122 e. The molecule has 2 atom stereocenters. The topological polar surface area (TPSA) is 21.3 Å². The van der Waals surface area contributed by atoms with Crippen molar-refractivity contribution in [3.63, 3.8) is 0 Å². The van der Waals surface area contributed by atoms with E-state index >= 15 is 0 Å². The minimum Gasteiger partial charge on any atom is -0.496 e. The zero-order valence-corrected chi connectivity index (χ0v) is 11.9. The van der Waals surface area contributed by atoms with E-state index in [0.717, 1.165) is 5.75 Å². The number of benzene rings is 1. The molecule has 96 valence electrons. The third kappa shape index (κ3) is 3.01. The van der Waals surface area contributed by atoms with Crippen LogP contribution in [-0.4, -0.2) is 14.2 Å². The molecule has 0 spiro atoms. The Morgan fingerprint density at radius 3 is 2.35 bits per heavy atom. The van der Waals surface area contributed by atoms with Crippen molar-refractivity contribution in [2.45, 2.75) is 40.2 Å². The van der Waals surface area contributed by atoms with Gasteiger partial charge in [0.15, 0.2) is 0 Å². The van der Waals surface area contributed by atoms with E-state index in [1.165, 1.54) is 23.1 Å². The van der Waals surface area contributed by atoms with Crippen LogP contribution >= 0.6 is 0 Å². The normalized spacial score (nSPS) is 14.5. The Morgan fingerprint density at radius 2 is 1.88 bits per heavy atom. The standard InChI is InChI=1S/C15H25NO/c1-7-10(2)15(16-5)13-8-12(4)14(17-6)9-11(13)3/h8-10,15-16H,7H2,1-6H3. The van der Waals surface area contributed by atoms with E-state index < -0.39 is 0 Å². The van der Waals surface area contributed by atoms with Crippen LogP contribution in [-0.2, 0) is 0 Å². The number of ether oxygens (including phenoxy) is 1. The Balaban J connectivity index is 3.16. The summed E-state index contributed by atoms with van der Waals surface area (Å²) in [6, 6.07) is 4.81. The first-order valence-electron chi connectivity index (χ1n) is 6.37. The smallest absolute Gasteiger partial charge is 0.122 e. The van der Waals surface area contributed by atoms with Crippen molar-refractivity contribution in [1.29, 1.82) is 0 Å². The van der Waals surface area contributed by atoms with Crippen LogP contribution in [0.3, 0.4) is 0 Å². The molecule has 0 radical (unpaired) electrons. The van der Waals surface area contributed by atoms with Crippen molar-refractivity contribution in [3.8, 4) is 5.75 Å². The van der Waals surface area contributed by atoms with Crippen LogP contribution in [0.15, 0.2) is 12.1 Å². The van der Waals surface area contributed by atoms with E-state index in [1.54, 1.807) is 7.11 Å².